The molecule has 132 valence electrons. The first-order valence-electron chi connectivity index (χ1n) is 7.31. The molecule has 3 rings (SSSR count). The predicted octanol–water partition coefficient (Wildman–Crippen LogP) is 3.78. The largest absolute Gasteiger partial charge is 0.478 e. The van der Waals surface area contributed by atoms with Gasteiger partial charge in [-0.2, -0.15) is 13.5 Å². The summed E-state index contributed by atoms with van der Waals surface area (Å²) in [6.07, 6.45) is 0. The van der Waals surface area contributed by atoms with Crippen molar-refractivity contribution in [3.63, 3.8) is 0 Å². The van der Waals surface area contributed by atoms with Crippen molar-refractivity contribution < 1.29 is 22.9 Å². The van der Waals surface area contributed by atoms with E-state index in [-0.39, 0.29) is 27.2 Å². The minimum Gasteiger partial charge on any atom is -0.478 e. The fourth-order valence-electron chi connectivity index (χ4n) is 2.43. The van der Waals surface area contributed by atoms with Crippen LogP contribution in [0.25, 0.3) is 10.8 Å². The van der Waals surface area contributed by atoms with Crippen LogP contribution in [0.1, 0.15) is 10.4 Å². The number of rotatable bonds is 4. The van der Waals surface area contributed by atoms with Crippen LogP contribution >= 0.6 is 0 Å². The van der Waals surface area contributed by atoms with Crippen LogP contribution < -0.4 is 5.73 Å². The lowest BCUT2D eigenvalue weighted by Gasteiger charge is -2.09. The maximum Gasteiger partial charge on any atom is 0.335 e. The number of fused-ring (bicyclic) bond motifs is 1. The zero-order valence-electron chi connectivity index (χ0n) is 13.2. The van der Waals surface area contributed by atoms with Crippen molar-refractivity contribution in [1.29, 1.82) is 0 Å². The van der Waals surface area contributed by atoms with E-state index >= 15 is 0 Å². The first-order chi connectivity index (χ1) is 12.3. The van der Waals surface area contributed by atoms with E-state index in [9.17, 15) is 17.8 Å². The molecule has 0 heterocycles. The Kier molecular flexibility index (Phi) is 4.41. The number of azo groups is 1. The number of carbonyl (C=O) groups is 1. The van der Waals surface area contributed by atoms with Crippen LogP contribution in [0.15, 0.2) is 69.7 Å². The Balaban J connectivity index is 2.10. The van der Waals surface area contributed by atoms with E-state index in [0.717, 1.165) is 6.07 Å². The van der Waals surface area contributed by atoms with E-state index in [4.69, 9.17) is 10.8 Å². The molecule has 3 aromatic carbocycles. The summed E-state index contributed by atoms with van der Waals surface area (Å²) in [5.74, 6) is -1.06. The summed E-state index contributed by atoms with van der Waals surface area (Å²) in [6.45, 7) is 0. The third-order valence-electron chi connectivity index (χ3n) is 3.69. The Morgan fingerprint density at radius 2 is 1.58 bits per heavy atom. The topological polar surface area (TPSA) is 142 Å². The van der Waals surface area contributed by atoms with E-state index in [1.54, 1.807) is 18.2 Å². The predicted molar refractivity (Wildman–Crippen MR) is 95.8 cm³/mol. The van der Waals surface area contributed by atoms with Crippen LogP contribution in [-0.2, 0) is 10.1 Å². The molecule has 0 saturated carbocycles. The van der Waals surface area contributed by atoms with E-state index in [2.05, 4.69) is 10.2 Å². The summed E-state index contributed by atoms with van der Waals surface area (Å²) in [5, 5.41) is 17.5. The highest BCUT2D eigenvalue weighted by molar-refractivity contribution is 7.86. The summed E-state index contributed by atoms with van der Waals surface area (Å²) >= 11 is 0. The molecule has 0 saturated heterocycles. The van der Waals surface area contributed by atoms with Crippen molar-refractivity contribution in [2.75, 3.05) is 5.73 Å². The monoisotopic (exact) mass is 371 g/mol. The molecule has 0 atom stereocenters. The smallest absolute Gasteiger partial charge is 0.335 e. The second-order valence-corrected chi connectivity index (χ2v) is 6.77. The van der Waals surface area contributed by atoms with Gasteiger partial charge in [-0.15, -0.1) is 5.11 Å². The highest BCUT2D eigenvalue weighted by Crippen LogP contribution is 2.36. The molecular formula is C17H13N3O5S. The molecule has 0 aromatic heterocycles. The molecule has 8 nitrogen and oxygen atoms in total. The number of hydrogen-bond donors (Lipinski definition) is 3. The van der Waals surface area contributed by atoms with Gasteiger partial charge in [0.2, 0.25) is 0 Å². The maximum atomic E-state index is 11.7. The van der Waals surface area contributed by atoms with Crippen molar-refractivity contribution in [1.82, 2.24) is 0 Å². The highest BCUT2D eigenvalue weighted by Gasteiger charge is 2.18. The third kappa shape index (κ3) is 3.39. The van der Waals surface area contributed by atoms with Crippen molar-refractivity contribution >= 4 is 43.9 Å². The molecule has 4 N–H and O–H groups in total. The lowest BCUT2D eigenvalue weighted by molar-refractivity contribution is 0.0697. The normalized spacial score (nSPS) is 11.9. The molecule has 9 heteroatoms. The van der Waals surface area contributed by atoms with Gasteiger partial charge < -0.3 is 10.8 Å². The quantitative estimate of drug-likeness (QED) is 0.362. The first kappa shape index (κ1) is 17.5. The molecule has 0 radical (unpaired) electrons. The Morgan fingerprint density at radius 3 is 2.15 bits per heavy atom. The summed E-state index contributed by atoms with van der Waals surface area (Å²) < 4.78 is 32.8. The number of aromatic carboxylic acids is 1. The number of benzene rings is 3. The zero-order valence-corrected chi connectivity index (χ0v) is 14.0. The second kappa shape index (κ2) is 6.54. The van der Waals surface area contributed by atoms with Gasteiger partial charge in [0.1, 0.15) is 10.6 Å². The summed E-state index contributed by atoms with van der Waals surface area (Å²) in [6, 6.07) is 13.2. The van der Waals surface area contributed by atoms with Gasteiger partial charge in [0, 0.05) is 10.8 Å². The molecule has 0 aliphatic rings. The lowest BCUT2D eigenvalue weighted by Crippen LogP contribution is -2.01. The van der Waals surface area contributed by atoms with Crippen LogP contribution in [0.3, 0.4) is 0 Å². The van der Waals surface area contributed by atoms with Crippen molar-refractivity contribution in [3.8, 4) is 0 Å². The fourth-order valence-corrected chi connectivity index (χ4v) is 3.15. The van der Waals surface area contributed by atoms with Crippen molar-refractivity contribution in [3.05, 3.63) is 60.2 Å². The molecule has 3 aromatic rings. The number of anilines is 1. The second-order valence-electron chi connectivity index (χ2n) is 5.38. The average Bonchev–Trinajstić information content (AvgIpc) is 2.60. The van der Waals surface area contributed by atoms with Crippen LogP contribution in [0.2, 0.25) is 0 Å². The van der Waals surface area contributed by atoms with Crippen LogP contribution in [-0.4, -0.2) is 24.0 Å². The first-order valence-corrected chi connectivity index (χ1v) is 8.75. The molecule has 26 heavy (non-hydrogen) atoms. The fraction of sp³-hybridized carbons (Fsp3) is 0. The number of hydrogen-bond acceptors (Lipinski definition) is 6. The minimum atomic E-state index is -4.49. The van der Waals surface area contributed by atoms with Crippen LogP contribution in [0.4, 0.5) is 17.1 Å². The van der Waals surface area contributed by atoms with Gasteiger partial charge in [-0.05, 0) is 30.3 Å². The average molecular weight is 371 g/mol. The van der Waals surface area contributed by atoms with Gasteiger partial charge in [-0.3, -0.25) is 4.55 Å². The molecule has 0 unspecified atom stereocenters. The van der Waals surface area contributed by atoms with Gasteiger partial charge in [0.25, 0.3) is 10.1 Å². The van der Waals surface area contributed by atoms with Crippen molar-refractivity contribution in [2.24, 2.45) is 10.2 Å². The van der Waals surface area contributed by atoms with Crippen LogP contribution in [0, 0.1) is 0 Å². The number of nitrogens with zero attached hydrogens (tertiary/aromatic N) is 2. The number of nitrogen functional groups attached to an aromatic ring is 1. The number of carboxylic acid groups (broad SMARTS) is 1. The zero-order chi connectivity index (χ0) is 18.9. The van der Waals surface area contributed by atoms with E-state index in [1.807, 2.05) is 0 Å². The van der Waals surface area contributed by atoms with E-state index < -0.39 is 16.1 Å². The van der Waals surface area contributed by atoms with Gasteiger partial charge in [-0.25, -0.2) is 4.79 Å². The Hall–Kier alpha value is -3.30. The molecule has 0 spiro atoms. The molecule has 0 fully saturated rings. The Morgan fingerprint density at radius 1 is 0.962 bits per heavy atom. The molecule has 0 bridgehead atoms. The lowest BCUT2D eigenvalue weighted by atomic mass is 10.1. The van der Waals surface area contributed by atoms with Gasteiger partial charge in [0.15, 0.2) is 0 Å². The molecule has 0 aliphatic carbocycles. The molecule has 0 aliphatic heterocycles. The number of nitrogens with two attached hydrogens (primary N) is 1. The SMILES string of the molecule is Nc1c(N=Nc2ccc(C(=O)O)cc2)cc(S(=O)(=O)O)c2ccccc12. The summed E-state index contributed by atoms with van der Waals surface area (Å²) in [7, 11) is -4.49. The Bertz CT molecular complexity index is 1140. The van der Waals surface area contributed by atoms with Gasteiger partial charge in [0.05, 0.1) is 16.9 Å². The third-order valence-corrected chi connectivity index (χ3v) is 4.59. The van der Waals surface area contributed by atoms with Gasteiger partial charge >= 0.3 is 5.97 Å². The van der Waals surface area contributed by atoms with E-state index in [0.29, 0.717) is 11.1 Å². The molecular weight excluding hydrogens is 358 g/mol. The van der Waals surface area contributed by atoms with Gasteiger partial charge in [-0.1, -0.05) is 24.3 Å². The van der Waals surface area contributed by atoms with E-state index in [1.165, 1.54) is 30.3 Å². The van der Waals surface area contributed by atoms with Crippen LogP contribution in [0.5, 0.6) is 0 Å². The molecule has 0 amide bonds. The minimum absolute atomic E-state index is 0.0682. The summed E-state index contributed by atoms with van der Waals surface area (Å²) in [5.41, 5.74) is 6.78. The number of carboxylic acids is 1. The Labute approximate surface area is 148 Å². The maximum absolute atomic E-state index is 11.7. The van der Waals surface area contributed by atoms with Crippen molar-refractivity contribution in [2.45, 2.75) is 4.90 Å². The highest BCUT2D eigenvalue weighted by atomic mass is 32.2. The standard InChI is InChI=1S/C17H13N3O5S/c18-16-13-4-2-1-3-12(13)15(26(23,24)25)9-14(16)20-19-11-7-5-10(6-8-11)17(21)22/h1-9H,18H2,(H,21,22)(H,23,24,25). The summed E-state index contributed by atoms with van der Waals surface area (Å²) in [4.78, 5) is 10.5.